The van der Waals surface area contributed by atoms with E-state index in [1.807, 2.05) is 19.1 Å². The monoisotopic (exact) mass is 273 g/mol. The van der Waals surface area contributed by atoms with Crippen molar-refractivity contribution in [3.63, 3.8) is 0 Å². The zero-order chi connectivity index (χ0) is 14.1. The van der Waals surface area contributed by atoms with Crippen LogP contribution in [0.5, 0.6) is 0 Å². The van der Waals surface area contributed by atoms with E-state index in [1.165, 1.54) is 0 Å². The van der Waals surface area contributed by atoms with Crippen LogP contribution in [-0.2, 0) is 11.2 Å². The van der Waals surface area contributed by atoms with E-state index in [4.69, 9.17) is 4.74 Å². The Morgan fingerprint density at radius 2 is 2.25 bits per heavy atom. The Labute approximate surface area is 118 Å². The van der Waals surface area contributed by atoms with Crippen molar-refractivity contribution in [3.05, 3.63) is 34.9 Å². The molecule has 0 radical (unpaired) electrons. The second-order valence-corrected chi connectivity index (χ2v) is 5.67. The van der Waals surface area contributed by atoms with E-state index >= 15 is 0 Å². The van der Waals surface area contributed by atoms with Crippen molar-refractivity contribution in [1.29, 1.82) is 0 Å². The number of nitrogens with one attached hydrogen (secondary N) is 1. The van der Waals surface area contributed by atoms with Crippen molar-refractivity contribution in [2.75, 3.05) is 13.2 Å². The second kappa shape index (κ2) is 5.37. The third-order valence-electron chi connectivity index (χ3n) is 4.12. The van der Waals surface area contributed by atoms with E-state index < -0.39 is 0 Å². The number of fused-ring (bicyclic) bond motifs is 1. The maximum atomic E-state index is 12.5. The van der Waals surface area contributed by atoms with Gasteiger partial charge < -0.3 is 10.1 Å². The molecule has 4 heteroatoms. The van der Waals surface area contributed by atoms with Crippen LogP contribution in [0.1, 0.15) is 46.0 Å². The summed E-state index contributed by atoms with van der Waals surface area (Å²) in [5.74, 6) is -0.0470. The summed E-state index contributed by atoms with van der Waals surface area (Å²) in [6, 6.07) is 5.52. The molecule has 106 valence electrons. The number of aryl methyl sites for hydroxylation is 1. The van der Waals surface area contributed by atoms with Gasteiger partial charge in [0.1, 0.15) is 0 Å². The van der Waals surface area contributed by atoms with Gasteiger partial charge >= 0.3 is 0 Å². The van der Waals surface area contributed by atoms with Gasteiger partial charge in [-0.3, -0.25) is 9.59 Å². The van der Waals surface area contributed by atoms with Crippen molar-refractivity contribution in [3.8, 4) is 0 Å². The molecule has 0 spiro atoms. The largest absolute Gasteiger partial charge is 0.378 e. The van der Waals surface area contributed by atoms with Crippen LogP contribution >= 0.6 is 0 Å². The summed E-state index contributed by atoms with van der Waals surface area (Å²) in [5, 5.41) is 2.87. The fourth-order valence-electron chi connectivity index (χ4n) is 2.97. The molecule has 0 saturated carbocycles. The van der Waals surface area contributed by atoms with E-state index in [0.29, 0.717) is 24.3 Å². The first-order valence-electron chi connectivity index (χ1n) is 7.22. The van der Waals surface area contributed by atoms with Crippen LogP contribution in [0.4, 0.5) is 0 Å². The Kier molecular flexibility index (Phi) is 3.57. The molecule has 2 heterocycles. The first-order chi connectivity index (χ1) is 9.65. The van der Waals surface area contributed by atoms with Crippen LogP contribution in [0.15, 0.2) is 18.2 Å². The van der Waals surface area contributed by atoms with Crippen molar-refractivity contribution in [1.82, 2.24) is 5.32 Å². The summed E-state index contributed by atoms with van der Waals surface area (Å²) in [6.07, 6.45) is 2.74. The minimum Gasteiger partial charge on any atom is -0.378 e. The highest BCUT2D eigenvalue weighted by molar-refractivity contribution is 6.02. The normalized spacial score (nSPS) is 25.8. The molecule has 3 rings (SSSR count). The fraction of sp³-hybridized carbons (Fsp3) is 0.500. The maximum Gasteiger partial charge on any atom is 0.251 e. The number of carbonyl (C=O) groups excluding carboxylic acids is 2. The summed E-state index contributed by atoms with van der Waals surface area (Å²) in [7, 11) is 0. The van der Waals surface area contributed by atoms with Gasteiger partial charge in [0.15, 0.2) is 5.78 Å². The standard InChI is InChI=1S/C16H19NO3/c1-10-7-13(9-20-10)15(18)12-5-4-11-3-2-6-17-16(19)14(11)8-12/h4-5,8,10,13H,2-3,6-7,9H2,1H3,(H,17,19). The lowest BCUT2D eigenvalue weighted by molar-refractivity contribution is 0.0877. The summed E-state index contributed by atoms with van der Waals surface area (Å²) in [4.78, 5) is 24.5. The van der Waals surface area contributed by atoms with Gasteiger partial charge in [-0.1, -0.05) is 12.1 Å². The number of rotatable bonds is 2. The van der Waals surface area contributed by atoms with E-state index in [2.05, 4.69) is 5.32 Å². The Morgan fingerprint density at radius 1 is 1.40 bits per heavy atom. The lowest BCUT2D eigenvalue weighted by Crippen LogP contribution is -2.23. The number of amides is 1. The van der Waals surface area contributed by atoms with E-state index in [-0.39, 0.29) is 23.7 Å². The first-order valence-corrected chi connectivity index (χ1v) is 7.22. The van der Waals surface area contributed by atoms with Crippen LogP contribution in [0.2, 0.25) is 0 Å². The number of ether oxygens (including phenoxy) is 1. The molecule has 20 heavy (non-hydrogen) atoms. The maximum absolute atomic E-state index is 12.5. The van der Waals surface area contributed by atoms with E-state index in [0.717, 1.165) is 24.8 Å². The van der Waals surface area contributed by atoms with Gasteiger partial charge in [-0.05, 0) is 37.8 Å². The topological polar surface area (TPSA) is 55.4 Å². The van der Waals surface area contributed by atoms with E-state index in [9.17, 15) is 9.59 Å². The zero-order valence-corrected chi connectivity index (χ0v) is 11.6. The van der Waals surface area contributed by atoms with Crippen molar-refractivity contribution in [2.45, 2.75) is 32.3 Å². The smallest absolute Gasteiger partial charge is 0.251 e. The predicted molar refractivity (Wildman–Crippen MR) is 74.9 cm³/mol. The molecule has 2 atom stereocenters. The highest BCUT2D eigenvalue weighted by Gasteiger charge is 2.29. The molecule has 2 aliphatic rings. The quantitative estimate of drug-likeness (QED) is 0.838. The molecule has 0 aliphatic carbocycles. The van der Waals surface area contributed by atoms with Crippen LogP contribution in [0.25, 0.3) is 0 Å². The minimum atomic E-state index is -0.0723. The highest BCUT2D eigenvalue weighted by Crippen LogP contribution is 2.25. The molecule has 1 saturated heterocycles. The molecular formula is C16H19NO3. The fourth-order valence-corrected chi connectivity index (χ4v) is 2.97. The lowest BCUT2D eigenvalue weighted by Gasteiger charge is -2.10. The number of benzene rings is 1. The average molecular weight is 273 g/mol. The number of carbonyl (C=O) groups is 2. The Balaban J connectivity index is 1.88. The van der Waals surface area contributed by atoms with Gasteiger partial charge in [0.05, 0.1) is 12.7 Å². The third kappa shape index (κ3) is 2.48. The molecule has 4 nitrogen and oxygen atoms in total. The first kappa shape index (κ1) is 13.3. The molecule has 1 aromatic carbocycles. The van der Waals surface area contributed by atoms with Crippen LogP contribution in [0, 0.1) is 5.92 Å². The van der Waals surface area contributed by atoms with Gasteiger partial charge in [-0.15, -0.1) is 0 Å². The number of hydrogen-bond acceptors (Lipinski definition) is 3. The van der Waals surface area contributed by atoms with Crippen molar-refractivity contribution in [2.24, 2.45) is 5.92 Å². The predicted octanol–water partition coefficient (Wildman–Crippen LogP) is 1.97. The van der Waals surface area contributed by atoms with Crippen LogP contribution < -0.4 is 5.32 Å². The number of ketones is 1. The van der Waals surface area contributed by atoms with Gasteiger partial charge in [-0.25, -0.2) is 0 Å². The SMILES string of the molecule is CC1CC(C(=O)c2ccc3c(c2)C(=O)NCCC3)CO1. The molecular weight excluding hydrogens is 254 g/mol. The molecule has 0 aromatic heterocycles. The molecule has 2 aliphatic heterocycles. The van der Waals surface area contributed by atoms with Gasteiger partial charge in [-0.2, -0.15) is 0 Å². The summed E-state index contributed by atoms with van der Waals surface area (Å²) >= 11 is 0. The highest BCUT2D eigenvalue weighted by atomic mass is 16.5. The molecule has 1 amide bonds. The molecule has 1 aromatic rings. The summed E-state index contributed by atoms with van der Waals surface area (Å²) < 4.78 is 5.46. The van der Waals surface area contributed by atoms with Crippen molar-refractivity contribution < 1.29 is 14.3 Å². The molecule has 1 N–H and O–H groups in total. The Hall–Kier alpha value is -1.68. The van der Waals surface area contributed by atoms with Crippen molar-refractivity contribution >= 4 is 11.7 Å². The average Bonchev–Trinajstić information content (AvgIpc) is 2.80. The van der Waals surface area contributed by atoms with Gasteiger partial charge in [0.25, 0.3) is 5.91 Å². The zero-order valence-electron chi connectivity index (χ0n) is 11.6. The molecule has 0 bridgehead atoms. The Morgan fingerprint density at radius 3 is 3.00 bits per heavy atom. The second-order valence-electron chi connectivity index (χ2n) is 5.67. The molecule has 2 unspecified atom stereocenters. The lowest BCUT2D eigenvalue weighted by atomic mass is 9.92. The third-order valence-corrected chi connectivity index (χ3v) is 4.12. The van der Waals surface area contributed by atoms with Crippen LogP contribution in [-0.4, -0.2) is 30.9 Å². The van der Waals surface area contributed by atoms with Gasteiger partial charge in [0, 0.05) is 23.6 Å². The summed E-state index contributed by atoms with van der Waals surface area (Å²) in [5.41, 5.74) is 2.32. The van der Waals surface area contributed by atoms with E-state index in [1.54, 1.807) is 6.07 Å². The minimum absolute atomic E-state index is 0.0665. The Bertz CT molecular complexity index is 553. The summed E-state index contributed by atoms with van der Waals surface area (Å²) in [6.45, 7) is 3.17. The van der Waals surface area contributed by atoms with Gasteiger partial charge in [0.2, 0.25) is 0 Å². The van der Waals surface area contributed by atoms with Crippen LogP contribution in [0.3, 0.4) is 0 Å². The number of Topliss-reactive ketones (excluding diaryl/α,β-unsaturated/α-hetero) is 1. The number of hydrogen-bond donors (Lipinski definition) is 1. The molecule has 1 fully saturated rings.